The van der Waals surface area contributed by atoms with Gasteiger partial charge in [-0.25, -0.2) is 0 Å². The molecule has 0 N–H and O–H groups in total. The van der Waals surface area contributed by atoms with Crippen molar-refractivity contribution in [2.24, 2.45) is 5.92 Å². The number of rotatable bonds is 6. The first-order valence-corrected chi connectivity index (χ1v) is 17.8. The third kappa shape index (κ3) is 5.48. The second kappa shape index (κ2) is 9.12. The molecule has 1 aliphatic heterocycles. The van der Waals surface area contributed by atoms with E-state index in [4.69, 9.17) is 18.3 Å². The molecule has 0 amide bonds. The van der Waals surface area contributed by atoms with Crippen molar-refractivity contribution in [2.75, 3.05) is 6.61 Å². The Morgan fingerprint density at radius 2 is 1.34 bits per heavy atom. The van der Waals surface area contributed by atoms with E-state index in [1.54, 1.807) is 0 Å². The largest absolute Gasteiger partial charge is 0.416 e. The normalized spacial score (nSPS) is 29.2. The molecule has 0 aromatic heterocycles. The lowest BCUT2D eigenvalue weighted by Gasteiger charge is -2.43. The van der Waals surface area contributed by atoms with Crippen LogP contribution < -0.4 is 0 Å². The molecule has 32 heavy (non-hydrogen) atoms. The van der Waals surface area contributed by atoms with Gasteiger partial charge in [0.2, 0.25) is 0 Å². The van der Waals surface area contributed by atoms with Crippen molar-refractivity contribution in [1.29, 1.82) is 0 Å². The topological polar surface area (TPSA) is 36.9 Å². The van der Waals surface area contributed by atoms with Gasteiger partial charge in [0.15, 0.2) is 22.9 Å². The van der Waals surface area contributed by atoms with E-state index in [2.05, 4.69) is 92.0 Å². The highest BCUT2D eigenvalue weighted by Gasteiger charge is 2.50. The number of benzene rings is 1. The molecule has 0 radical (unpaired) electrons. The Hall–Kier alpha value is -0.766. The molecule has 1 unspecified atom stereocenters. The average Bonchev–Trinajstić information content (AvgIpc) is 3.12. The van der Waals surface area contributed by atoms with E-state index in [0.29, 0.717) is 6.61 Å². The molecule has 0 bridgehead atoms. The van der Waals surface area contributed by atoms with Crippen LogP contribution in [0.4, 0.5) is 0 Å². The van der Waals surface area contributed by atoms with Gasteiger partial charge in [0, 0.05) is 18.1 Å². The van der Waals surface area contributed by atoms with Gasteiger partial charge in [0.05, 0.1) is 12.2 Å². The maximum atomic E-state index is 6.80. The Balaban J connectivity index is 1.83. The van der Waals surface area contributed by atoms with Crippen LogP contribution in [-0.4, -0.2) is 41.6 Å². The summed E-state index contributed by atoms with van der Waals surface area (Å²) in [6, 6.07) is 10.2. The summed E-state index contributed by atoms with van der Waals surface area (Å²) in [6.45, 7) is 23.5. The Bertz CT molecular complexity index is 792. The highest BCUT2D eigenvalue weighted by molar-refractivity contribution is 6.74. The second-order valence-electron chi connectivity index (χ2n) is 12.4. The third-order valence-electron chi connectivity index (χ3n) is 7.93. The quantitative estimate of drug-likeness (QED) is 0.325. The molecule has 180 valence electrons. The zero-order valence-corrected chi connectivity index (χ0v) is 23.8. The summed E-state index contributed by atoms with van der Waals surface area (Å²) in [5.74, 6) is 0.155. The van der Waals surface area contributed by atoms with Crippen LogP contribution >= 0.6 is 0 Å². The Morgan fingerprint density at radius 3 is 1.91 bits per heavy atom. The van der Waals surface area contributed by atoms with E-state index in [0.717, 1.165) is 5.56 Å². The fourth-order valence-electron chi connectivity index (χ4n) is 3.61. The first-order chi connectivity index (χ1) is 14.6. The van der Waals surface area contributed by atoms with Crippen LogP contribution in [0.25, 0.3) is 0 Å². The van der Waals surface area contributed by atoms with Crippen molar-refractivity contribution in [3.63, 3.8) is 0 Å². The number of hydrogen-bond donors (Lipinski definition) is 0. The summed E-state index contributed by atoms with van der Waals surface area (Å²) in [6.07, 6.45) is 3.78. The monoisotopic (exact) mass is 476 g/mol. The zero-order chi connectivity index (χ0) is 23.9. The summed E-state index contributed by atoms with van der Waals surface area (Å²) in [7, 11) is -3.81. The highest BCUT2D eigenvalue weighted by Crippen LogP contribution is 2.44. The molecular formula is C26H44O4Si2. The molecule has 1 heterocycles. The van der Waals surface area contributed by atoms with Crippen molar-refractivity contribution in [1.82, 2.24) is 0 Å². The summed E-state index contributed by atoms with van der Waals surface area (Å²) < 4.78 is 26.5. The van der Waals surface area contributed by atoms with Gasteiger partial charge in [-0.15, -0.1) is 0 Å². The molecule has 1 aliphatic carbocycles. The van der Waals surface area contributed by atoms with Gasteiger partial charge in [-0.05, 0) is 36.3 Å². The third-order valence-corrected chi connectivity index (χ3v) is 16.9. The lowest BCUT2D eigenvalue weighted by Crippen LogP contribution is -2.52. The van der Waals surface area contributed by atoms with Crippen LogP contribution in [0.1, 0.15) is 53.4 Å². The molecule has 0 saturated carbocycles. The van der Waals surface area contributed by atoms with Crippen molar-refractivity contribution < 1.29 is 18.3 Å². The van der Waals surface area contributed by atoms with E-state index in [9.17, 15) is 0 Å². The van der Waals surface area contributed by atoms with Crippen LogP contribution in [0, 0.1) is 5.92 Å². The van der Waals surface area contributed by atoms with E-state index in [1.807, 2.05) is 18.2 Å². The van der Waals surface area contributed by atoms with Crippen molar-refractivity contribution in [2.45, 2.75) is 102 Å². The van der Waals surface area contributed by atoms with E-state index in [1.165, 1.54) is 0 Å². The average molecular weight is 477 g/mol. The first-order valence-electron chi connectivity index (χ1n) is 12.0. The molecule has 1 aromatic rings. The van der Waals surface area contributed by atoms with Gasteiger partial charge in [0.1, 0.15) is 6.10 Å². The number of ether oxygens (including phenoxy) is 2. The Kier molecular flexibility index (Phi) is 7.37. The fourth-order valence-corrected chi connectivity index (χ4v) is 5.90. The van der Waals surface area contributed by atoms with Gasteiger partial charge in [-0.2, -0.15) is 0 Å². The van der Waals surface area contributed by atoms with Gasteiger partial charge < -0.3 is 18.3 Å². The van der Waals surface area contributed by atoms with Gasteiger partial charge >= 0.3 is 0 Å². The predicted octanol–water partition coefficient (Wildman–Crippen LogP) is 7.07. The highest BCUT2D eigenvalue weighted by atomic mass is 28.4. The molecule has 3 rings (SSSR count). The molecule has 1 saturated heterocycles. The molecule has 1 aromatic carbocycles. The maximum Gasteiger partial charge on any atom is 0.193 e. The van der Waals surface area contributed by atoms with Crippen molar-refractivity contribution in [3.05, 3.63) is 48.0 Å². The van der Waals surface area contributed by atoms with Crippen LogP contribution in [-0.2, 0) is 18.3 Å². The lowest BCUT2D eigenvalue weighted by atomic mass is 9.89. The Labute approximate surface area is 197 Å². The van der Waals surface area contributed by atoms with Gasteiger partial charge in [-0.1, -0.05) is 84.0 Å². The summed E-state index contributed by atoms with van der Waals surface area (Å²) >= 11 is 0. The molecular weight excluding hydrogens is 432 g/mol. The molecule has 2 aliphatic rings. The molecule has 1 fully saturated rings. The standard InChI is InChI=1S/C26H44O4Si2/c1-25(2,3)31(7,8)27-18-20-16-17-21(30-32(9,10)26(4,5)6)23-22(20)28-24(29-23)19-14-12-11-13-15-19/h11-17,20-24H,18H2,1-10H3/t20-,21+,22-,23-,24?/m1/s1. The van der Waals surface area contributed by atoms with Crippen LogP contribution in [0.3, 0.4) is 0 Å². The lowest BCUT2D eigenvalue weighted by molar-refractivity contribution is -0.0799. The van der Waals surface area contributed by atoms with E-state index >= 15 is 0 Å². The number of fused-ring (bicyclic) bond motifs is 1. The van der Waals surface area contributed by atoms with Gasteiger partial charge in [0.25, 0.3) is 0 Å². The molecule has 6 heteroatoms. The first kappa shape index (κ1) is 25.8. The fraction of sp³-hybridized carbons (Fsp3) is 0.692. The van der Waals surface area contributed by atoms with Crippen molar-refractivity contribution >= 4 is 16.6 Å². The summed E-state index contributed by atoms with van der Waals surface area (Å²) in [5.41, 5.74) is 1.05. The predicted molar refractivity (Wildman–Crippen MR) is 137 cm³/mol. The van der Waals surface area contributed by atoms with Gasteiger partial charge in [-0.3, -0.25) is 0 Å². The summed E-state index contributed by atoms with van der Waals surface area (Å²) in [5, 5.41) is 0.315. The molecule has 5 atom stereocenters. The minimum atomic E-state index is -1.96. The Morgan fingerprint density at radius 1 is 0.781 bits per heavy atom. The van der Waals surface area contributed by atoms with Crippen LogP contribution in [0.15, 0.2) is 42.5 Å². The minimum Gasteiger partial charge on any atom is -0.416 e. The van der Waals surface area contributed by atoms with E-state index < -0.39 is 16.6 Å². The molecule has 0 spiro atoms. The zero-order valence-electron chi connectivity index (χ0n) is 21.8. The van der Waals surface area contributed by atoms with Crippen LogP contribution in [0.2, 0.25) is 36.3 Å². The number of hydrogen-bond acceptors (Lipinski definition) is 4. The SMILES string of the molecule is CC(C)(C)[Si](C)(C)OC[C@H]1C=C[C@H](O[Si](C)(C)C(C)(C)C)[C@H]2OC(c3ccccc3)O[C@@H]21. The van der Waals surface area contributed by atoms with Crippen molar-refractivity contribution in [3.8, 4) is 0 Å². The molecule has 4 nitrogen and oxygen atoms in total. The second-order valence-corrected chi connectivity index (χ2v) is 22.0. The van der Waals surface area contributed by atoms with Crippen LogP contribution in [0.5, 0.6) is 0 Å². The smallest absolute Gasteiger partial charge is 0.193 e. The summed E-state index contributed by atoms with van der Waals surface area (Å²) in [4.78, 5) is 0. The minimum absolute atomic E-state index is 0.0789. The maximum absolute atomic E-state index is 6.80. The van der Waals surface area contributed by atoms with E-state index in [-0.39, 0.29) is 40.6 Å².